The third kappa shape index (κ3) is 8.84. The average Bonchev–Trinajstić information content (AvgIpc) is 2.38. The summed E-state index contributed by atoms with van der Waals surface area (Å²) in [6, 6.07) is 0. The van der Waals surface area contributed by atoms with Crippen LogP contribution in [-0.2, 0) is 14.3 Å². The van der Waals surface area contributed by atoms with Crippen LogP contribution in [0.15, 0.2) is 0 Å². The summed E-state index contributed by atoms with van der Waals surface area (Å²) in [6.45, 7) is 6.75. The predicted molar refractivity (Wildman–Crippen MR) is 69.3 cm³/mol. The smallest absolute Gasteiger partial charge is 0.407 e. The van der Waals surface area contributed by atoms with E-state index in [9.17, 15) is 9.59 Å². The Labute approximate surface area is 109 Å². The summed E-state index contributed by atoms with van der Waals surface area (Å²) in [7, 11) is 0. The van der Waals surface area contributed by atoms with E-state index in [1.807, 2.05) is 13.8 Å². The molecular weight excluding hydrogens is 234 g/mol. The molecule has 106 valence electrons. The molecule has 0 bridgehead atoms. The second-order valence-electron chi connectivity index (χ2n) is 4.25. The zero-order valence-electron chi connectivity index (χ0n) is 11.7. The molecular formula is C13H25NO4. The van der Waals surface area contributed by atoms with Gasteiger partial charge in [0.25, 0.3) is 0 Å². The molecule has 0 heterocycles. The van der Waals surface area contributed by atoms with E-state index in [2.05, 4.69) is 12.2 Å². The van der Waals surface area contributed by atoms with Crippen LogP contribution in [-0.4, -0.2) is 31.8 Å². The number of unbranched alkanes of at least 4 members (excludes halogenated alkanes) is 2. The van der Waals surface area contributed by atoms with Gasteiger partial charge in [-0.1, -0.05) is 33.6 Å². The van der Waals surface area contributed by atoms with Crippen molar-refractivity contribution in [3.8, 4) is 0 Å². The molecule has 0 radical (unpaired) electrons. The highest BCUT2D eigenvalue weighted by Gasteiger charge is 2.11. The second kappa shape index (κ2) is 10.9. The maximum atomic E-state index is 11.3. The molecule has 0 rings (SSSR count). The van der Waals surface area contributed by atoms with E-state index in [4.69, 9.17) is 9.47 Å². The van der Waals surface area contributed by atoms with Gasteiger partial charge in [0.2, 0.25) is 0 Å². The molecule has 0 aromatic carbocycles. The number of hydrogen-bond donors (Lipinski definition) is 1. The van der Waals surface area contributed by atoms with Crippen LogP contribution in [0.5, 0.6) is 0 Å². The molecule has 5 heteroatoms. The number of rotatable bonds is 9. The van der Waals surface area contributed by atoms with E-state index >= 15 is 0 Å². The summed E-state index contributed by atoms with van der Waals surface area (Å²) in [5, 5.41) is 2.53. The molecule has 18 heavy (non-hydrogen) atoms. The Morgan fingerprint density at radius 3 is 2.44 bits per heavy atom. The Morgan fingerprint density at radius 2 is 1.83 bits per heavy atom. The van der Waals surface area contributed by atoms with E-state index in [0.717, 1.165) is 25.7 Å². The van der Waals surface area contributed by atoms with Crippen LogP contribution < -0.4 is 5.32 Å². The van der Waals surface area contributed by atoms with Crippen LogP contribution >= 0.6 is 0 Å². The lowest BCUT2D eigenvalue weighted by atomic mass is 10.1. The largest absolute Gasteiger partial charge is 0.464 e. The van der Waals surface area contributed by atoms with E-state index < -0.39 is 6.09 Å². The first-order valence-electron chi connectivity index (χ1n) is 6.69. The minimum Gasteiger partial charge on any atom is -0.464 e. The summed E-state index contributed by atoms with van der Waals surface area (Å²) in [4.78, 5) is 22.5. The molecule has 0 aliphatic rings. The first kappa shape index (κ1) is 16.7. The van der Waals surface area contributed by atoms with E-state index in [1.54, 1.807) is 0 Å². The summed E-state index contributed by atoms with van der Waals surface area (Å²) in [6.07, 6.45) is 3.33. The fourth-order valence-electron chi connectivity index (χ4n) is 1.18. The van der Waals surface area contributed by atoms with Crippen molar-refractivity contribution in [3.63, 3.8) is 0 Å². The Hall–Kier alpha value is -1.26. The first-order chi connectivity index (χ1) is 8.61. The summed E-state index contributed by atoms with van der Waals surface area (Å²) in [5.41, 5.74) is 0. The molecule has 0 aliphatic heterocycles. The molecule has 0 spiro atoms. The summed E-state index contributed by atoms with van der Waals surface area (Å²) >= 11 is 0. The maximum absolute atomic E-state index is 11.3. The highest BCUT2D eigenvalue weighted by Crippen LogP contribution is 2.02. The number of esters is 1. The Bertz CT molecular complexity index is 243. The minimum atomic E-state index is -0.453. The molecule has 1 N–H and O–H groups in total. The van der Waals surface area contributed by atoms with Gasteiger partial charge in [0.15, 0.2) is 0 Å². The van der Waals surface area contributed by atoms with Crippen molar-refractivity contribution in [1.29, 1.82) is 0 Å². The van der Waals surface area contributed by atoms with Gasteiger partial charge in [-0.3, -0.25) is 4.79 Å². The molecule has 0 aromatic rings. The van der Waals surface area contributed by atoms with Crippen molar-refractivity contribution < 1.29 is 19.1 Å². The standard InChI is InChI=1S/C13H25NO4/c1-4-6-7-9-18-13(16)14-8-10-17-12(15)11(3)5-2/h11H,4-10H2,1-3H3,(H,14,16). The van der Waals surface area contributed by atoms with Crippen molar-refractivity contribution in [2.24, 2.45) is 5.92 Å². The van der Waals surface area contributed by atoms with Crippen molar-refractivity contribution in [2.45, 2.75) is 46.5 Å². The number of alkyl carbamates (subject to hydrolysis) is 1. The normalized spacial score (nSPS) is 11.7. The molecule has 5 nitrogen and oxygen atoms in total. The van der Waals surface area contributed by atoms with E-state index in [-0.39, 0.29) is 25.0 Å². The maximum Gasteiger partial charge on any atom is 0.407 e. The van der Waals surface area contributed by atoms with Gasteiger partial charge in [0.1, 0.15) is 6.61 Å². The molecule has 0 aliphatic carbocycles. The second-order valence-corrected chi connectivity index (χ2v) is 4.25. The van der Waals surface area contributed by atoms with Crippen LogP contribution in [0.4, 0.5) is 4.79 Å². The fraction of sp³-hybridized carbons (Fsp3) is 0.846. The number of carbonyl (C=O) groups is 2. The SMILES string of the molecule is CCCCCOC(=O)NCCOC(=O)C(C)CC. The van der Waals surface area contributed by atoms with Crippen LogP contribution in [0.25, 0.3) is 0 Å². The van der Waals surface area contributed by atoms with Crippen LogP contribution in [0.2, 0.25) is 0 Å². The monoisotopic (exact) mass is 259 g/mol. The Balaban J connectivity index is 3.43. The van der Waals surface area contributed by atoms with Gasteiger partial charge in [-0.25, -0.2) is 4.79 Å². The number of nitrogens with one attached hydrogen (secondary N) is 1. The minimum absolute atomic E-state index is 0.0917. The lowest BCUT2D eigenvalue weighted by Crippen LogP contribution is -2.29. The van der Waals surface area contributed by atoms with E-state index in [1.165, 1.54) is 0 Å². The van der Waals surface area contributed by atoms with Crippen molar-refractivity contribution in [3.05, 3.63) is 0 Å². The quantitative estimate of drug-likeness (QED) is 0.510. The molecule has 1 atom stereocenters. The lowest BCUT2D eigenvalue weighted by Gasteiger charge is -2.10. The number of amides is 1. The Morgan fingerprint density at radius 1 is 1.11 bits per heavy atom. The van der Waals surface area contributed by atoms with Crippen LogP contribution in [0.1, 0.15) is 46.5 Å². The molecule has 0 aromatic heterocycles. The first-order valence-corrected chi connectivity index (χ1v) is 6.69. The summed E-state index contributed by atoms with van der Waals surface area (Å²) in [5.74, 6) is -0.318. The van der Waals surface area contributed by atoms with Gasteiger partial charge >= 0.3 is 12.1 Å². The van der Waals surface area contributed by atoms with Crippen molar-refractivity contribution >= 4 is 12.1 Å². The molecule has 0 saturated carbocycles. The average molecular weight is 259 g/mol. The van der Waals surface area contributed by atoms with Gasteiger partial charge in [-0.2, -0.15) is 0 Å². The third-order valence-corrected chi connectivity index (χ3v) is 2.61. The Kier molecular flexibility index (Phi) is 10.1. The summed E-state index contributed by atoms with van der Waals surface area (Å²) < 4.78 is 9.91. The molecule has 1 amide bonds. The highest BCUT2D eigenvalue weighted by molar-refractivity contribution is 5.72. The van der Waals surface area contributed by atoms with Gasteiger partial charge in [0, 0.05) is 0 Å². The fourth-order valence-corrected chi connectivity index (χ4v) is 1.18. The van der Waals surface area contributed by atoms with Gasteiger partial charge in [-0.15, -0.1) is 0 Å². The zero-order valence-corrected chi connectivity index (χ0v) is 11.7. The van der Waals surface area contributed by atoms with Crippen LogP contribution in [0, 0.1) is 5.92 Å². The molecule has 0 fully saturated rings. The zero-order chi connectivity index (χ0) is 13.8. The lowest BCUT2D eigenvalue weighted by molar-refractivity contribution is -0.147. The third-order valence-electron chi connectivity index (χ3n) is 2.61. The molecule has 1 unspecified atom stereocenters. The number of ether oxygens (including phenoxy) is 2. The topological polar surface area (TPSA) is 64.6 Å². The number of carbonyl (C=O) groups excluding carboxylic acids is 2. The number of hydrogen-bond acceptors (Lipinski definition) is 4. The van der Waals surface area contributed by atoms with Gasteiger partial charge in [-0.05, 0) is 12.8 Å². The van der Waals surface area contributed by atoms with E-state index in [0.29, 0.717) is 6.61 Å². The van der Waals surface area contributed by atoms with Crippen molar-refractivity contribution in [1.82, 2.24) is 5.32 Å². The van der Waals surface area contributed by atoms with Gasteiger partial charge in [0.05, 0.1) is 19.1 Å². The highest BCUT2D eigenvalue weighted by atomic mass is 16.6. The molecule has 0 saturated heterocycles. The predicted octanol–water partition coefficient (Wildman–Crippen LogP) is 2.49. The van der Waals surface area contributed by atoms with Gasteiger partial charge < -0.3 is 14.8 Å². The van der Waals surface area contributed by atoms with Crippen LogP contribution in [0.3, 0.4) is 0 Å². The van der Waals surface area contributed by atoms with Crippen molar-refractivity contribution in [2.75, 3.05) is 19.8 Å².